The van der Waals surface area contributed by atoms with Gasteiger partial charge in [-0.05, 0) is 24.3 Å². The number of benzene rings is 1. The van der Waals surface area contributed by atoms with Crippen LogP contribution in [0.25, 0.3) is 0 Å². The van der Waals surface area contributed by atoms with Gasteiger partial charge in [-0.1, -0.05) is 0 Å². The summed E-state index contributed by atoms with van der Waals surface area (Å²) in [6.07, 6.45) is 0.776. The topological polar surface area (TPSA) is 60.0 Å². The highest BCUT2D eigenvalue weighted by Gasteiger charge is 2.30. The first kappa shape index (κ1) is 12.4. The lowest BCUT2D eigenvalue weighted by Crippen LogP contribution is -2.89. The molecule has 0 radical (unpaired) electrons. The summed E-state index contributed by atoms with van der Waals surface area (Å²) in [6, 6.07) is 8.10. The third kappa shape index (κ3) is 3.44. The van der Waals surface area contributed by atoms with Gasteiger partial charge in [0.2, 0.25) is 0 Å². The summed E-state index contributed by atoms with van der Waals surface area (Å²) in [5, 5.41) is 2.12. The van der Waals surface area contributed by atoms with E-state index in [1.54, 1.807) is 7.11 Å². The van der Waals surface area contributed by atoms with Crippen molar-refractivity contribution >= 4 is 9.84 Å². The fourth-order valence-electron chi connectivity index (χ4n) is 2.07. The van der Waals surface area contributed by atoms with E-state index in [0.29, 0.717) is 11.5 Å². The first-order chi connectivity index (χ1) is 8.09. The van der Waals surface area contributed by atoms with Gasteiger partial charge in [-0.2, -0.15) is 0 Å². The predicted molar refractivity (Wildman–Crippen MR) is 65.7 cm³/mol. The van der Waals surface area contributed by atoms with Crippen molar-refractivity contribution in [1.82, 2.24) is 0 Å². The van der Waals surface area contributed by atoms with Crippen LogP contribution < -0.4 is 10.1 Å². The highest BCUT2D eigenvalue weighted by atomic mass is 32.2. The van der Waals surface area contributed by atoms with Gasteiger partial charge in [-0.25, -0.2) is 8.42 Å². The number of rotatable bonds is 4. The number of nitrogens with two attached hydrogens (primary N) is 1. The zero-order chi connectivity index (χ0) is 12.3. The number of methoxy groups -OCH3 is 1. The van der Waals surface area contributed by atoms with Crippen LogP contribution in [0.1, 0.15) is 12.0 Å². The molecule has 1 aliphatic heterocycles. The van der Waals surface area contributed by atoms with Crippen LogP contribution in [0.3, 0.4) is 0 Å². The summed E-state index contributed by atoms with van der Waals surface area (Å²) in [5.41, 5.74) is 1.19. The zero-order valence-corrected chi connectivity index (χ0v) is 10.7. The summed E-state index contributed by atoms with van der Waals surface area (Å²) < 4.78 is 27.7. The summed E-state index contributed by atoms with van der Waals surface area (Å²) in [7, 11) is -1.12. The maximum absolute atomic E-state index is 11.3. The molecule has 1 aliphatic rings. The van der Waals surface area contributed by atoms with Crippen LogP contribution >= 0.6 is 0 Å². The molecule has 0 aromatic heterocycles. The number of hydrogen-bond acceptors (Lipinski definition) is 3. The van der Waals surface area contributed by atoms with Crippen molar-refractivity contribution in [1.29, 1.82) is 0 Å². The number of quaternary nitrogens is 1. The van der Waals surface area contributed by atoms with Gasteiger partial charge in [0.05, 0.1) is 12.9 Å². The molecule has 0 spiro atoms. The molecule has 1 heterocycles. The largest absolute Gasteiger partial charge is 0.497 e. The fourth-order valence-corrected chi connectivity index (χ4v) is 3.86. The van der Waals surface area contributed by atoms with E-state index < -0.39 is 9.84 Å². The van der Waals surface area contributed by atoms with E-state index in [-0.39, 0.29) is 6.04 Å². The van der Waals surface area contributed by atoms with Crippen molar-refractivity contribution in [2.75, 3.05) is 18.6 Å². The third-order valence-electron chi connectivity index (χ3n) is 3.11. The number of hydrogen-bond donors (Lipinski definition) is 1. The molecule has 0 saturated carbocycles. The second-order valence-electron chi connectivity index (χ2n) is 4.45. The second-order valence-corrected chi connectivity index (χ2v) is 6.68. The zero-order valence-electron chi connectivity index (χ0n) is 9.93. The second kappa shape index (κ2) is 5.06. The first-order valence-electron chi connectivity index (χ1n) is 5.76. The summed E-state index contributed by atoms with van der Waals surface area (Å²) in [6.45, 7) is 0.824. The molecule has 1 aromatic carbocycles. The van der Waals surface area contributed by atoms with Gasteiger partial charge in [0, 0.05) is 12.0 Å². The monoisotopic (exact) mass is 256 g/mol. The predicted octanol–water partition coefficient (Wildman–Crippen LogP) is -0.0543. The number of ether oxygens (including phenoxy) is 1. The minimum absolute atomic E-state index is 0.224. The van der Waals surface area contributed by atoms with Crippen molar-refractivity contribution in [3.05, 3.63) is 29.8 Å². The minimum Gasteiger partial charge on any atom is -0.497 e. The summed E-state index contributed by atoms with van der Waals surface area (Å²) in [4.78, 5) is 0. The van der Waals surface area contributed by atoms with Crippen LogP contribution in [0.2, 0.25) is 0 Å². The molecule has 1 fully saturated rings. The van der Waals surface area contributed by atoms with Crippen molar-refractivity contribution < 1.29 is 18.5 Å². The quantitative estimate of drug-likeness (QED) is 0.821. The Morgan fingerprint density at radius 1 is 1.35 bits per heavy atom. The van der Waals surface area contributed by atoms with Crippen LogP contribution in [0.15, 0.2) is 24.3 Å². The Morgan fingerprint density at radius 3 is 2.59 bits per heavy atom. The Morgan fingerprint density at radius 2 is 2.06 bits per heavy atom. The van der Waals surface area contributed by atoms with E-state index >= 15 is 0 Å². The lowest BCUT2D eigenvalue weighted by atomic mass is 10.2. The number of sulfone groups is 1. The van der Waals surface area contributed by atoms with Gasteiger partial charge in [0.25, 0.3) is 0 Å². The smallest absolute Gasteiger partial charge is 0.156 e. The molecule has 0 amide bonds. The average molecular weight is 256 g/mol. The highest BCUT2D eigenvalue weighted by Crippen LogP contribution is 2.11. The maximum atomic E-state index is 11.3. The molecule has 0 aliphatic carbocycles. The van der Waals surface area contributed by atoms with Gasteiger partial charge in [0.1, 0.15) is 24.1 Å². The van der Waals surface area contributed by atoms with Gasteiger partial charge >= 0.3 is 0 Å². The van der Waals surface area contributed by atoms with Crippen molar-refractivity contribution in [3.63, 3.8) is 0 Å². The van der Waals surface area contributed by atoms with E-state index in [4.69, 9.17) is 4.74 Å². The SMILES string of the molecule is COc1ccc(C[NH2+][C@@H]2CCS(=O)(=O)C2)cc1. The molecule has 4 nitrogen and oxygen atoms in total. The molecule has 5 heteroatoms. The Hall–Kier alpha value is -1.07. The van der Waals surface area contributed by atoms with Crippen molar-refractivity contribution in [2.24, 2.45) is 0 Å². The van der Waals surface area contributed by atoms with Gasteiger partial charge in [0.15, 0.2) is 9.84 Å². The lowest BCUT2D eigenvalue weighted by Gasteiger charge is -2.07. The third-order valence-corrected chi connectivity index (χ3v) is 4.91. The van der Waals surface area contributed by atoms with Gasteiger partial charge in [-0.3, -0.25) is 0 Å². The Bertz CT molecular complexity index is 467. The van der Waals surface area contributed by atoms with E-state index in [1.165, 1.54) is 5.56 Å². The molecular formula is C12H18NO3S+. The Labute approximate surface area is 102 Å². The minimum atomic E-state index is -2.76. The molecule has 0 unspecified atom stereocenters. The van der Waals surface area contributed by atoms with Gasteiger partial charge < -0.3 is 10.1 Å². The van der Waals surface area contributed by atoms with E-state index in [1.807, 2.05) is 24.3 Å². The molecule has 17 heavy (non-hydrogen) atoms. The molecule has 1 saturated heterocycles. The molecule has 94 valence electrons. The van der Waals surface area contributed by atoms with Crippen LogP contribution in [-0.4, -0.2) is 33.1 Å². The molecular weight excluding hydrogens is 238 g/mol. The van der Waals surface area contributed by atoms with Crippen LogP contribution in [0.4, 0.5) is 0 Å². The van der Waals surface area contributed by atoms with Crippen molar-refractivity contribution in [3.8, 4) is 5.75 Å². The molecule has 2 N–H and O–H groups in total. The highest BCUT2D eigenvalue weighted by molar-refractivity contribution is 7.91. The van der Waals surface area contributed by atoms with Crippen LogP contribution in [-0.2, 0) is 16.4 Å². The molecule has 0 bridgehead atoms. The molecule has 1 atom stereocenters. The van der Waals surface area contributed by atoms with Gasteiger partial charge in [-0.15, -0.1) is 0 Å². The van der Waals surface area contributed by atoms with E-state index in [2.05, 4.69) is 5.32 Å². The standard InChI is InChI=1S/C12H17NO3S/c1-16-12-4-2-10(3-5-12)8-13-11-6-7-17(14,15)9-11/h2-5,11,13H,6-9H2,1H3/p+1/t11-/m1/s1. The van der Waals surface area contributed by atoms with Crippen LogP contribution in [0, 0.1) is 0 Å². The molecule has 1 aromatic rings. The first-order valence-corrected chi connectivity index (χ1v) is 7.58. The van der Waals surface area contributed by atoms with Crippen molar-refractivity contribution in [2.45, 2.75) is 19.0 Å². The summed E-state index contributed by atoms with van der Waals surface area (Å²) in [5.74, 6) is 1.51. The lowest BCUT2D eigenvalue weighted by molar-refractivity contribution is -0.699. The van der Waals surface area contributed by atoms with E-state index in [9.17, 15) is 8.42 Å². The van der Waals surface area contributed by atoms with Crippen LogP contribution in [0.5, 0.6) is 5.75 Å². The van der Waals surface area contributed by atoms with E-state index in [0.717, 1.165) is 18.7 Å². The average Bonchev–Trinajstić information content (AvgIpc) is 2.67. The molecule has 2 rings (SSSR count). The Kier molecular flexibility index (Phi) is 3.69. The maximum Gasteiger partial charge on any atom is 0.156 e. The normalized spacial score (nSPS) is 22.5. The fraction of sp³-hybridized carbons (Fsp3) is 0.500. The summed E-state index contributed by atoms with van der Waals surface area (Å²) >= 11 is 0. The Balaban J connectivity index is 1.86.